The molecule has 2 aromatic heterocycles. The Hall–Kier alpha value is -1.51. The maximum atomic E-state index is 5.23. The zero-order valence-electron chi connectivity index (χ0n) is 8.03. The van der Waals surface area contributed by atoms with Crippen LogP contribution in [0.15, 0.2) is 18.5 Å². The number of aromatic nitrogens is 2. The van der Waals surface area contributed by atoms with Crippen molar-refractivity contribution in [2.24, 2.45) is 0 Å². The summed E-state index contributed by atoms with van der Waals surface area (Å²) < 4.78 is 7.31. The first-order chi connectivity index (χ1) is 6.90. The number of imidazole rings is 1. The fourth-order valence-corrected chi connectivity index (χ4v) is 1.78. The smallest absolute Gasteiger partial charge is 0.179 e. The third-order valence-electron chi connectivity index (χ3n) is 2.68. The Labute approximate surface area is 82.3 Å². The molecule has 0 unspecified atom stereocenters. The van der Waals surface area contributed by atoms with E-state index in [0.29, 0.717) is 5.92 Å². The number of pyridine rings is 1. The quantitative estimate of drug-likeness (QED) is 0.719. The first kappa shape index (κ1) is 7.85. The summed E-state index contributed by atoms with van der Waals surface area (Å²) in [6, 6.07) is 4.88. The van der Waals surface area contributed by atoms with E-state index < -0.39 is 0 Å². The number of ether oxygens (including phenoxy) is 1. The van der Waals surface area contributed by atoms with Crippen LogP contribution in [-0.2, 0) is 0 Å². The Morgan fingerprint density at radius 3 is 3.14 bits per heavy atom. The van der Waals surface area contributed by atoms with Gasteiger partial charge in [0, 0.05) is 30.1 Å². The minimum atomic E-state index is 0.700. The Kier molecular flexibility index (Phi) is 1.54. The van der Waals surface area contributed by atoms with Gasteiger partial charge in [0.25, 0.3) is 0 Å². The second-order valence-electron chi connectivity index (χ2n) is 3.66. The molecule has 2 aromatic rings. The van der Waals surface area contributed by atoms with Gasteiger partial charge < -0.3 is 9.14 Å². The van der Waals surface area contributed by atoms with Gasteiger partial charge in [0.05, 0.1) is 7.11 Å². The van der Waals surface area contributed by atoms with Crippen molar-refractivity contribution in [3.63, 3.8) is 0 Å². The van der Waals surface area contributed by atoms with Crippen LogP contribution in [-0.4, -0.2) is 16.5 Å². The molecule has 3 rings (SSSR count). The molecule has 0 N–H and O–H groups in total. The summed E-state index contributed by atoms with van der Waals surface area (Å²) in [5.74, 6) is 1.49. The molecule has 1 radical (unpaired) electrons. The lowest BCUT2D eigenvalue weighted by Gasteiger charge is -2.02. The van der Waals surface area contributed by atoms with Crippen molar-refractivity contribution in [1.29, 1.82) is 0 Å². The number of nitrogens with zero attached hydrogens (tertiary/aromatic N) is 2. The lowest BCUT2D eigenvalue weighted by Crippen LogP contribution is -1.93. The van der Waals surface area contributed by atoms with Crippen LogP contribution < -0.4 is 4.74 Å². The highest BCUT2D eigenvalue weighted by Gasteiger charge is 2.27. The molecule has 0 atom stereocenters. The molecule has 0 aromatic carbocycles. The van der Waals surface area contributed by atoms with Gasteiger partial charge in [0.1, 0.15) is 0 Å². The van der Waals surface area contributed by atoms with Crippen molar-refractivity contribution in [2.75, 3.05) is 7.11 Å². The second kappa shape index (κ2) is 2.74. The van der Waals surface area contributed by atoms with E-state index >= 15 is 0 Å². The van der Waals surface area contributed by atoms with E-state index in [1.807, 2.05) is 18.5 Å². The Bertz CT molecular complexity index is 471. The highest BCUT2D eigenvalue weighted by molar-refractivity contribution is 5.54. The molecule has 0 bridgehead atoms. The summed E-state index contributed by atoms with van der Waals surface area (Å²) in [6.07, 6.45) is 6.44. The third kappa shape index (κ3) is 1.02. The number of methoxy groups -OCH3 is 1. The van der Waals surface area contributed by atoms with Crippen molar-refractivity contribution in [1.82, 2.24) is 9.38 Å². The van der Waals surface area contributed by atoms with E-state index in [-0.39, 0.29) is 0 Å². The highest BCUT2D eigenvalue weighted by Crippen LogP contribution is 2.40. The van der Waals surface area contributed by atoms with Gasteiger partial charge in [0.15, 0.2) is 11.4 Å². The van der Waals surface area contributed by atoms with Crippen molar-refractivity contribution < 1.29 is 4.74 Å². The fourth-order valence-electron chi connectivity index (χ4n) is 1.78. The summed E-state index contributed by atoms with van der Waals surface area (Å²) in [7, 11) is 1.66. The van der Waals surface area contributed by atoms with E-state index in [4.69, 9.17) is 4.74 Å². The number of fused-ring (bicyclic) bond motifs is 1. The monoisotopic (exact) mass is 187 g/mol. The van der Waals surface area contributed by atoms with Crippen molar-refractivity contribution in [3.05, 3.63) is 30.2 Å². The highest BCUT2D eigenvalue weighted by atomic mass is 16.5. The standard InChI is InChI=1S/C11H11N2O/c1-14-10-3-2-6-13-9(8-4-5-8)7-12-11(10)13/h3,6-8H,4-5H2,1H3. The summed E-state index contributed by atoms with van der Waals surface area (Å²) in [5.41, 5.74) is 2.18. The van der Waals surface area contributed by atoms with Gasteiger partial charge in [-0.3, -0.25) is 0 Å². The largest absolute Gasteiger partial charge is 0.493 e. The minimum absolute atomic E-state index is 0.700. The predicted octanol–water partition coefficient (Wildman–Crippen LogP) is 2.02. The van der Waals surface area contributed by atoms with Gasteiger partial charge in [-0.1, -0.05) is 0 Å². The van der Waals surface area contributed by atoms with Crippen LogP contribution in [0.3, 0.4) is 0 Å². The summed E-state index contributed by atoms with van der Waals surface area (Å²) >= 11 is 0. The van der Waals surface area contributed by atoms with E-state index in [1.54, 1.807) is 7.11 Å². The van der Waals surface area contributed by atoms with E-state index in [9.17, 15) is 0 Å². The molecule has 3 nitrogen and oxygen atoms in total. The Morgan fingerprint density at radius 1 is 1.57 bits per heavy atom. The van der Waals surface area contributed by atoms with Crippen LogP contribution in [0.5, 0.6) is 5.75 Å². The fraction of sp³-hybridized carbons (Fsp3) is 0.364. The molecule has 1 aliphatic carbocycles. The van der Waals surface area contributed by atoms with Crippen LogP contribution in [0.1, 0.15) is 24.5 Å². The molecule has 0 aliphatic heterocycles. The first-order valence-corrected chi connectivity index (χ1v) is 4.81. The molecular weight excluding hydrogens is 176 g/mol. The number of hydrogen-bond donors (Lipinski definition) is 0. The van der Waals surface area contributed by atoms with Crippen LogP contribution in [0.4, 0.5) is 0 Å². The van der Waals surface area contributed by atoms with Crippen LogP contribution >= 0.6 is 0 Å². The van der Waals surface area contributed by atoms with Crippen molar-refractivity contribution in [3.8, 4) is 5.75 Å². The summed E-state index contributed by atoms with van der Waals surface area (Å²) in [5, 5.41) is 0. The zero-order chi connectivity index (χ0) is 9.54. The lowest BCUT2D eigenvalue weighted by molar-refractivity contribution is 0.416. The lowest BCUT2D eigenvalue weighted by atomic mass is 10.3. The van der Waals surface area contributed by atoms with Gasteiger partial charge in [-0.05, 0) is 18.9 Å². The molecule has 3 heteroatoms. The van der Waals surface area contributed by atoms with Gasteiger partial charge in [-0.15, -0.1) is 0 Å². The number of hydrogen-bond acceptors (Lipinski definition) is 2. The van der Waals surface area contributed by atoms with Crippen molar-refractivity contribution in [2.45, 2.75) is 18.8 Å². The van der Waals surface area contributed by atoms with Gasteiger partial charge in [-0.25, -0.2) is 4.98 Å². The van der Waals surface area contributed by atoms with Crippen LogP contribution in [0.2, 0.25) is 0 Å². The molecule has 1 fully saturated rings. The van der Waals surface area contributed by atoms with Gasteiger partial charge >= 0.3 is 0 Å². The van der Waals surface area contributed by atoms with Crippen molar-refractivity contribution >= 4 is 5.65 Å². The zero-order valence-corrected chi connectivity index (χ0v) is 8.03. The molecule has 1 saturated carbocycles. The molecule has 0 saturated heterocycles. The van der Waals surface area contributed by atoms with E-state index in [1.165, 1.54) is 18.5 Å². The predicted molar refractivity (Wildman–Crippen MR) is 52.6 cm³/mol. The molecule has 1 aliphatic rings. The summed E-state index contributed by atoms with van der Waals surface area (Å²) in [4.78, 5) is 4.37. The van der Waals surface area contributed by atoms with Gasteiger partial charge in [0.2, 0.25) is 0 Å². The summed E-state index contributed by atoms with van der Waals surface area (Å²) in [6.45, 7) is 0. The van der Waals surface area contributed by atoms with E-state index in [0.717, 1.165) is 11.4 Å². The molecule has 2 heterocycles. The Morgan fingerprint density at radius 2 is 2.43 bits per heavy atom. The van der Waals surface area contributed by atoms with Gasteiger partial charge in [-0.2, -0.15) is 0 Å². The molecule has 71 valence electrons. The first-order valence-electron chi connectivity index (χ1n) is 4.81. The number of rotatable bonds is 2. The molecule has 14 heavy (non-hydrogen) atoms. The molecular formula is C11H11N2O. The topological polar surface area (TPSA) is 26.5 Å². The van der Waals surface area contributed by atoms with Crippen LogP contribution in [0.25, 0.3) is 5.65 Å². The Balaban J connectivity index is 2.25. The second-order valence-corrected chi connectivity index (χ2v) is 3.66. The van der Waals surface area contributed by atoms with E-state index in [2.05, 4.69) is 15.5 Å². The van der Waals surface area contributed by atoms with Crippen LogP contribution in [0, 0.1) is 6.07 Å². The SMILES string of the molecule is COc1c[c]cn2c(C3CC3)cnc12. The normalized spacial score (nSPS) is 16.1. The maximum absolute atomic E-state index is 5.23. The third-order valence-corrected chi connectivity index (χ3v) is 2.68. The maximum Gasteiger partial charge on any atom is 0.179 e. The average molecular weight is 187 g/mol. The molecule has 0 amide bonds. The molecule has 0 spiro atoms. The average Bonchev–Trinajstić information content (AvgIpc) is 2.97. The minimum Gasteiger partial charge on any atom is -0.493 e.